The summed E-state index contributed by atoms with van der Waals surface area (Å²) in [5.74, 6) is 1.26. The molecule has 0 fully saturated rings. The summed E-state index contributed by atoms with van der Waals surface area (Å²) in [7, 11) is 1.62. The molecule has 0 aliphatic carbocycles. The molecule has 174 valence electrons. The van der Waals surface area contributed by atoms with Gasteiger partial charge in [-0.05, 0) is 55.5 Å². The van der Waals surface area contributed by atoms with Crippen LogP contribution in [0.1, 0.15) is 31.0 Å². The third kappa shape index (κ3) is 4.87. The lowest BCUT2D eigenvalue weighted by molar-refractivity contribution is -0.113. The maximum Gasteiger partial charge on any atom is 0.168 e. The van der Waals surface area contributed by atoms with E-state index in [1.807, 2.05) is 96.9 Å². The lowest BCUT2D eigenvalue weighted by atomic mass is 9.93. The molecule has 34 heavy (non-hydrogen) atoms. The number of carbonyl (C=O) groups is 1. The van der Waals surface area contributed by atoms with Gasteiger partial charge in [0.05, 0.1) is 7.11 Å². The first-order valence-electron chi connectivity index (χ1n) is 11.1. The van der Waals surface area contributed by atoms with Gasteiger partial charge in [-0.1, -0.05) is 66.4 Å². The van der Waals surface area contributed by atoms with Crippen molar-refractivity contribution in [3.8, 4) is 11.5 Å². The number of ether oxygens (including phenoxy) is 2. The number of carbonyl (C=O) groups excluding carboxylic acids is 1. The largest absolute Gasteiger partial charge is 0.493 e. The maximum atomic E-state index is 12.8. The van der Waals surface area contributed by atoms with Crippen molar-refractivity contribution in [1.29, 1.82) is 0 Å². The minimum absolute atomic E-state index is 0.00398. The first-order valence-corrected chi connectivity index (χ1v) is 12.3. The monoisotopic (exact) mass is 472 g/mol. The number of nitrogens with zero attached hydrogens (tertiary/aromatic N) is 2. The second-order valence-electron chi connectivity index (χ2n) is 7.93. The summed E-state index contributed by atoms with van der Waals surface area (Å²) >= 11 is 1.56. The van der Waals surface area contributed by atoms with Gasteiger partial charge < -0.3 is 9.47 Å². The molecule has 1 aliphatic rings. The second kappa shape index (κ2) is 10.6. The molecule has 0 amide bonds. The van der Waals surface area contributed by atoms with Crippen LogP contribution in [0.3, 0.4) is 0 Å². The van der Waals surface area contributed by atoms with Crippen LogP contribution in [0.4, 0.5) is 5.69 Å². The van der Waals surface area contributed by atoms with Crippen LogP contribution < -0.4 is 14.4 Å². The molecule has 0 N–H and O–H groups in total. The molecule has 0 unspecified atom stereocenters. The molecule has 0 radical (unpaired) electrons. The zero-order valence-electron chi connectivity index (χ0n) is 19.8. The van der Waals surface area contributed by atoms with Gasteiger partial charge in [0.1, 0.15) is 12.6 Å². The highest BCUT2D eigenvalue weighted by Crippen LogP contribution is 2.41. The first-order chi connectivity index (χ1) is 16.5. The SMILES string of the molecule is COc1cc([C@H]2N=C(SC)N(c3ccccc3)C(C)=C2C(C)=O)ccc1OCc1ccccc1. The molecular weight excluding hydrogens is 444 g/mol. The van der Waals surface area contributed by atoms with Crippen molar-refractivity contribution in [2.24, 2.45) is 4.99 Å². The summed E-state index contributed by atoms with van der Waals surface area (Å²) in [4.78, 5) is 19.9. The van der Waals surface area contributed by atoms with E-state index >= 15 is 0 Å². The fourth-order valence-corrected chi connectivity index (χ4v) is 4.75. The molecule has 0 spiro atoms. The molecule has 0 saturated heterocycles. The Morgan fingerprint density at radius 3 is 2.29 bits per heavy atom. The van der Waals surface area contributed by atoms with Crippen molar-refractivity contribution in [2.45, 2.75) is 26.5 Å². The van der Waals surface area contributed by atoms with E-state index in [0.717, 1.165) is 27.7 Å². The Morgan fingerprint density at radius 1 is 1.00 bits per heavy atom. The predicted octanol–water partition coefficient (Wildman–Crippen LogP) is 6.42. The van der Waals surface area contributed by atoms with Crippen LogP contribution >= 0.6 is 11.8 Å². The fraction of sp³-hybridized carbons (Fsp3) is 0.214. The molecule has 5 nitrogen and oxygen atoms in total. The number of methoxy groups -OCH3 is 1. The smallest absolute Gasteiger partial charge is 0.168 e. The Morgan fingerprint density at radius 2 is 1.68 bits per heavy atom. The number of ketones is 1. The van der Waals surface area contributed by atoms with E-state index < -0.39 is 6.04 Å². The molecule has 0 saturated carbocycles. The Balaban J connectivity index is 1.70. The van der Waals surface area contributed by atoms with Crippen molar-refractivity contribution in [3.05, 3.63) is 101 Å². The van der Waals surface area contributed by atoms with Gasteiger partial charge in [0, 0.05) is 17.0 Å². The molecule has 3 aromatic rings. The van der Waals surface area contributed by atoms with Gasteiger partial charge in [-0.25, -0.2) is 4.99 Å². The van der Waals surface area contributed by atoms with Gasteiger partial charge in [0.15, 0.2) is 22.4 Å². The van der Waals surface area contributed by atoms with Crippen LogP contribution in [0.15, 0.2) is 95.1 Å². The van der Waals surface area contributed by atoms with E-state index in [-0.39, 0.29) is 5.78 Å². The zero-order valence-corrected chi connectivity index (χ0v) is 20.6. The van der Waals surface area contributed by atoms with E-state index in [1.165, 1.54) is 0 Å². The summed E-state index contributed by atoms with van der Waals surface area (Å²) in [6, 6.07) is 25.3. The molecule has 0 aromatic heterocycles. The average molecular weight is 473 g/mol. The van der Waals surface area contributed by atoms with Crippen molar-refractivity contribution in [1.82, 2.24) is 0 Å². The lowest BCUT2D eigenvalue weighted by Gasteiger charge is -2.34. The van der Waals surface area contributed by atoms with Gasteiger partial charge >= 0.3 is 0 Å². The standard InChI is InChI=1S/C28H28N2O3S/c1-19-26(20(2)31)27(29-28(34-4)30(19)23-13-9-6-10-14-23)22-15-16-24(25(17-22)32-3)33-18-21-11-7-5-8-12-21/h5-17,27H,18H2,1-4H3/t27-/m1/s1. The number of allylic oxidation sites excluding steroid dienone is 1. The Kier molecular flexibility index (Phi) is 7.38. The molecule has 1 heterocycles. The number of hydrogen-bond donors (Lipinski definition) is 0. The Bertz CT molecular complexity index is 1220. The number of rotatable bonds is 7. The number of hydrogen-bond acceptors (Lipinski definition) is 6. The number of thioether (sulfide) groups is 1. The van der Waals surface area contributed by atoms with E-state index in [2.05, 4.69) is 0 Å². The van der Waals surface area contributed by atoms with Crippen LogP contribution in [-0.4, -0.2) is 24.3 Å². The number of para-hydroxylation sites is 1. The van der Waals surface area contributed by atoms with Crippen molar-refractivity contribution < 1.29 is 14.3 Å². The van der Waals surface area contributed by atoms with Gasteiger partial charge in [0.25, 0.3) is 0 Å². The summed E-state index contributed by atoms with van der Waals surface area (Å²) in [5.41, 5.74) is 4.49. The van der Waals surface area contributed by atoms with E-state index in [1.54, 1.807) is 25.8 Å². The minimum atomic E-state index is -0.419. The van der Waals surface area contributed by atoms with Crippen molar-refractivity contribution in [2.75, 3.05) is 18.3 Å². The molecule has 3 aromatic carbocycles. The van der Waals surface area contributed by atoms with Gasteiger partial charge in [-0.3, -0.25) is 9.69 Å². The Labute approximate surface area is 205 Å². The third-order valence-electron chi connectivity index (χ3n) is 5.75. The normalized spacial score (nSPS) is 15.7. The van der Waals surface area contributed by atoms with Crippen LogP contribution in [0, 0.1) is 0 Å². The lowest BCUT2D eigenvalue weighted by Crippen LogP contribution is -2.34. The van der Waals surface area contributed by atoms with E-state index in [4.69, 9.17) is 14.5 Å². The van der Waals surface area contributed by atoms with E-state index in [0.29, 0.717) is 23.7 Å². The molecule has 0 bridgehead atoms. The molecule has 1 aliphatic heterocycles. The summed E-state index contributed by atoms with van der Waals surface area (Å²) in [5, 5.41) is 0.835. The number of Topliss-reactive ketones (excluding diaryl/α,β-unsaturated/α-hetero) is 1. The summed E-state index contributed by atoms with van der Waals surface area (Å²) in [6.07, 6.45) is 2.00. The topological polar surface area (TPSA) is 51.1 Å². The molecule has 4 rings (SSSR count). The first kappa shape index (κ1) is 23.6. The third-order valence-corrected chi connectivity index (χ3v) is 6.40. The van der Waals surface area contributed by atoms with Gasteiger partial charge in [0.2, 0.25) is 0 Å². The minimum Gasteiger partial charge on any atom is -0.493 e. The zero-order chi connectivity index (χ0) is 24.1. The van der Waals surface area contributed by atoms with Gasteiger partial charge in [-0.2, -0.15) is 0 Å². The highest BCUT2D eigenvalue weighted by molar-refractivity contribution is 8.13. The van der Waals surface area contributed by atoms with Crippen molar-refractivity contribution in [3.63, 3.8) is 0 Å². The van der Waals surface area contributed by atoms with E-state index in [9.17, 15) is 4.79 Å². The van der Waals surface area contributed by atoms with Gasteiger partial charge in [-0.15, -0.1) is 0 Å². The number of amidine groups is 1. The average Bonchev–Trinajstić information content (AvgIpc) is 2.87. The maximum absolute atomic E-state index is 12.8. The highest BCUT2D eigenvalue weighted by atomic mass is 32.2. The predicted molar refractivity (Wildman–Crippen MR) is 140 cm³/mol. The molecule has 6 heteroatoms. The molecule has 1 atom stereocenters. The second-order valence-corrected chi connectivity index (χ2v) is 8.70. The highest BCUT2D eigenvalue weighted by Gasteiger charge is 2.32. The number of benzene rings is 3. The summed E-state index contributed by atoms with van der Waals surface area (Å²) < 4.78 is 11.7. The Hall–Kier alpha value is -3.51. The quantitative estimate of drug-likeness (QED) is 0.397. The molecular formula is C28H28N2O3S. The van der Waals surface area contributed by atoms with Crippen LogP contribution in [-0.2, 0) is 11.4 Å². The number of aliphatic imine (C=N–C) groups is 1. The van der Waals surface area contributed by atoms with Crippen LogP contribution in [0.5, 0.6) is 11.5 Å². The fourth-order valence-electron chi connectivity index (χ4n) is 4.12. The van der Waals surface area contributed by atoms with Crippen LogP contribution in [0.2, 0.25) is 0 Å². The van der Waals surface area contributed by atoms with Crippen molar-refractivity contribution >= 4 is 28.4 Å². The number of anilines is 1. The van der Waals surface area contributed by atoms with Crippen LogP contribution in [0.25, 0.3) is 0 Å². The summed E-state index contributed by atoms with van der Waals surface area (Å²) in [6.45, 7) is 4.03.